The van der Waals surface area contributed by atoms with Gasteiger partial charge < -0.3 is 10.1 Å². The normalized spacial score (nSPS) is 13.0. The Balaban J connectivity index is 2.89. The Hall–Kier alpha value is -1.60. The van der Waals surface area contributed by atoms with Crippen LogP contribution in [-0.4, -0.2) is 43.5 Å². The van der Waals surface area contributed by atoms with E-state index in [0.717, 1.165) is 11.1 Å². The van der Waals surface area contributed by atoms with E-state index in [2.05, 4.69) is 5.32 Å². The molecular formula is C18H30N2O4S. The molecule has 0 saturated heterocycles. The van der Waals surface area contributed by atoms with Crippen molar-refractivity contribution in [3.8, 4) is 0 Å². The third-order valence-electron chi connectivity index (χ3n) is 3.64. The lowest BCUT2D eigenvalue weighted by molar-refractivity contribution is 0.0464. The van der Waals surface area contributed by atoms with Crippen LogP contribution < -0.4 is 5.32 Å². The summed E-state index contributed by atoms with van der Waals surface area (Å²) in [4.78, 5) is 12.2. The van der Waals surface area contributed by atoms with Gasteiger partial charge in [-0.2, -0.15) is 4.31 Å². The number of sulfonamides is 1. The Morgan fingerprint density at radius 1 is 1.12 bits per heavy atom. The van der Waals surface area contributed by atoms with Gasteiger partial charge in [-0.3, -0.25) is 0 Å². The van der Waals surface area contributed by atoms with Gasteiger partial charge in [-0.05, 0) is 71.7 Å². The number of aryl methyl sites for hydroxylation is 2. The molecule has 0 atom stereocenters. The molecule has 1 N–H and O–H groups in total. The highest BCUT2D eigenvalue weighted by Crippen LogP contribution is 2.20. The van der Waals surface area contributed by atoms with Crippen LogP contribution in [0.15, 0.2) is 23.1 Å². The minimum absolute atomic E-state index is 0.113. The maximum Gasteiger partial charge on any atom is 0.408 e. The van der Waals surface area contributed by atoms with Gasteiger partial charge in [0.25, 0.3) is 0 Å². The van der Waals surface area contributed by atoms with Crippen molar-refractivity contribution in [2.75, 3.05) is 13.6 Å². The van der Waals surface area contributed by atoms with E-state index in [1.807, 2.05) is 13.8 Å². The maximum absolute atomic E-state index is 12.8. The van der Waals surface area contributed by atoms with Crippen LogP contribution in [0.1, 0.15) is 45.7 Å². The summed E-state index contributed by atoms with van der Waals surface area (Å²) < 4.78 is 32.0. The molecule has 6 nitrogen and oxygen atoms in total. The van der Waals surface area contributed by atoms with E-state index in [4.69, 9.17) is 4.74 Å². The first-order valence-electron chi connectivity index (χ1n) is 8.19. The highest BCUT2D eigenvalue weighted by atomic mass is 32.2. The number of amides is 1. The number of carbonyl (C=O) groups excluding carboxylic acids is 1. The van der Waals surface area contributed by atoms with Crippen LogP contribution in [0.4, 0.5) is 4.79 Å². The van der Waals surface area contributed by atoms with Gasteiger partial charge in [0.2, 0.25) is 10.0 Å². The molecule has 25 heavy (non-hydrogen) atoms. The monoisotopic (exact) mass is 370 g/mol. The van der Waals surface area contributed by atoms with Crippen molar-refractivity contribution in [2.24, 2.45) is 0 Å². The number of hydrogen-bond donors (Lipinski definition) is 1. The van der Waals surface area contributed by atoms with Crippen LogP contribution >= 0.6 is 0 Å². The van der Waals surface area contributed by atoms with Crippen molar-refractivity contribution in [3.05, 3.63) is 29.3 Å². The van der Waals surface area contributed by atoms with Gasteiger partial charge in [0.05, 0.1) is 10.4 Å². The molecule has 1 rings (SSSR count). The van der Waals surface area contributed by atoms with Crippen LogP contribution in [0, 0.1) is 13.8 Å². The molecular weight excluding hydrogens is 340 g/mol. The summed E-state index contributed by atoms with van der Waals surface area (Å²) in [6.45, 7) is 12.8. The van der Waals surface area contributed by atoms with Crippen molar-refractivity contribution in [1.82, 2.24) is 9.62 Å². The minimum atomic E-state index is -3.64. The third-order valence-corrected chi connectivity index (χ3v) is 5.44. The molecule has 1 aromatic carbocycles. The Labute approximate surface area is 151 Å². The highest BCUT2D eigenvalue weighted by Gasteiger charge is 2.30. The topological polar surface area (TPSA) is 75.7 Å². The van der Waals surface area contributed by atoms with Gasteiger partial charge in [-0.1, -0.05) is 6.07 Å². The summed E-state index contributed by atoms with van der Waals surface area (Å²) in [7, 11) is -2.14. The summed E-state index contributed by atoms with van der Waals surface area (Å²) in [5.74, 6) is 0. The zero-order valence-electron chi connectivity index (χ0n) is 16.4. The van der Waals surface area contributed by atoms with Gasteiger partial charge in [-0.25, -0.2) is 13.2 Å². The predicted octanol–water partition coefficient (Wildman–Crippen LogP) is 3.23. The van der Waals surface area contributed by atoms with E-state index < -0.39 is 27.3 Å². The average Bonchev–Trinajstić information content (AvgIpc) is 2.37. The molecule has 0 bridgehead atoms. The SMILES string of the molecule is Cc1ccc(S(=O)(=O)N(C)CC(C)(C)NC(=O)OC(C)(C)C)cc1C. The second-order valence-electron chi connectivity index (χ2n) is 8.02. The van der Waals surface area contributed by atoms with Gasteiger partial charge in [0.15, 0.2) is 0 Å². The Kier molecular flexibility index (Phi) is 6.29. The van der Waals surface area contributed by atoms with Crippen LogP contribution in [0.25, 0.3) is 0 Å². The summed E-state index contributed by atoms with van der Waals surface area (Å²) in [6.07, 6.45) is -0.575. The fourth-order valence-corrected chi connectivity index (χ4v) is 3.73. The van der Waals surface area contributed by atoms with Gasteiger partial charge in [0, 0.05) is 13.6 Å². The Morgan fingerprint density at radius 3 is 2.16 bits per heavy atom. The van der Waals surface area contributed by atoms with Gasteiger partial charge >= 0.3 is 6.09 Å². The van der Waals surface area contributed by atoms with E-state index in [9.17, 15) is 13.2 Å². The van der Waals surface area contributed by atoms with Crippen LogP contribution in [0.5, 0.6) is 0 Å². The van der Waals surface area contributed by atoms with Crippen LogP contribution in [0.3, 0.4) is 0 Å². The van der Waals surface area contributed by atoms with Crippen molar-refractivity contribution >= 4 is 16.1 Å². The van der Waals surface area contributed by atoms with E-state index in [1.165, 1.54) is 11.4 Å². The molecule has 1 aromatic rings. The molecule has 1 amide bonds. The van der Waals surface area contributed by atoms with Crippen LogP contribution in [-0.2, 0) is 14.8 Å². The number of nitrogens with one attached hydrogen (secondary N) is 1. The van der Waals surface area contributed by atoms with E-state index in [0.29, 0.717) is 0 Å². The lowest BCUT2D eigenvalue weighted by Crippen LogP contribution is -2.52. The molecule has 0 aromatic heterocycles. The van der Waals surface area contributed by atoms with Crippen molar-refractivity contribution in [1.29, 1.82) is 0 Å². The Morgan fingerprint density at radius 2 is 1.68 bits per heavy atom. The van der Waals surface area contributed by atoms with Gasteiger partial charge in [0.1, 0.15) is 5.60 Å². The van der Waals surface area contributed by atoms with E-state index in [1.54, 1.807) is 52.8 Å². The molecule has 0 aliphatic rings. The second-order valence-corrected chi connectivity index (χ2v) is 10.1. The lowest BCUT2D eigenvalue weighted by atomic mass is 10.1. The van der Waals surface area contributed by atoms with Gasteiger partial charge in [-0.15, -0.1) is 0 Å². The zero-order chi connectivity index (χ0) is 19.6. The number of ether oxygens (including phenoxy) is 1. The summed E-state index contributed by atoms with van der Waals surface area (Å²) in [5.41, 5.74) is 0.552. The molecule has 0 unspecified atom stereocenters. The predicted molar refractivity (Wildman–Crippen MR) is 99.2 cm³/mol. The molecule has 142 valence electrons. The van der Waals surface area contributed by atoms with Crippen molar-refractivity contribution in [3.63, 3.8) is 0 Å². The number of rotatable bonds is 5. The fourth-order valence-electron chi connectivity index (χ4n) is 2.32. The third kappa shape index (κ3) is 6.32. The maximum atomic E-state index is 12.8. The smallest absolute Gasteiger partial charge is 0.408 e. The number of carbonyl (C=O) groups is 1. The molecule has 7 heteroatoms. The summed E-state index contributed by atoms with van der Waals surface area (Å²) in [6, 6.07) is 5.05. The fraction of sp³-hybridized carbons (Fsp3) is 0.611. The minimum Gasteiger partial charge on any atom is -0.444 e. The quantitative estimate of drug-likeness (QED) is 0.863. The number of likely N-dealkylation sites (N-methyl/N-ethyl adjacent to an activating group) is 1. The molecule has 0 spiro atoms. The zero-order valence-corrected chi connectivity index (χ0v) is 17.2. The molecule has 0 fully saturated rings. The lowest BCUT2D eigenvalue weighted by Gasteiger charge is -2.32. The number of alkyl carbamates (subject to hydrolysis) is 1. The largest absolute Gasteiger partial charge is 0.444 e. The second kappa shape index (κ2) is 7.33. The Bertz CT molecular complexity index is 734. The summed E-state index contributed by atoms with van der Waals surface area (Å²) in [5, 5.41) is 2.72. The molecule has 0 aliphatic heterocycles. The molecule has 0 aliphatic carbocycles. The van der Waals surface area contributed by atoms with Crippen molar-refractivity contribution < 1.29 is 17.9 Å². The van der Waals surface area contributed by atoms with E-state index in [-0.39, 0.29) is 11.4 Å². The first-order valence-corrected chi connectivity index (χ1v) is 9.63. The molecule has 0 saturated carbocycles. The first kappa shape index (κ1) is 21.4. The molecule has 0 radical (unpaired) electrons. The summed E-state index contributed by atoms with van der Waals surface area (Å²) >= 11 is 0. The van der Waals surface area contributed by atoms with E-state index >= 15 is 0 Å². The number of benzene rings is 1. The molecule has 0 heterocycles. The average molecular weight is 371 g/mol. The van der Waals surface area contributed by atoms with Crippen LogP contribution in [0.2, 0.25) is 0 Å². The van der Waals surface area contributed by atoms with Crippen molar-refractivity contribution in [2.45, 2.75) is 64.5 Å². The number of nitrogens with zero attached hydrogens (tertiary/aromatic N) is 1. The number of hydrogen-bond acceptors (Lipinski definition) is 4. The standard InChI is InChI=1S/C18H30N2O4S/c1-13-9-10-15(11-14(13)2)25(22,23)20(8)12-18(6,7)19-16(21)24-17(3,4)5/h9-11H,12H2,1-8H3,(H,19,21). The first-order chi connectivity index (χ1) is 11.1. The highest BCUT2D eigenvalue weighted by molar-refractivity contribution is 7.89.